The van der Waals surface area contributed by atoms with Gasteiger partial charge in [0.25, 0.3) is 0 Å². The van der Waals surface area contributed by atoms with Crippen LogP contribution in [0.15, 0.2) is 66.7 Å². The minimum absolute atomic E-state index is 0.000256. The quantitative estimate of drug-likeness (QED) is 0.612. The summed E-state index contributed by atoms with van der Waals surface area (Å²) in [5.41, 5.74) is 3.74. The van der Waals surface area contributed by atoms with E-state index in [9.17, 15) is 23.5 Å². The van der Waals surface area contributed by atoms with Crippen molar-refractivity contribution in [1.82, 2.24) is 5.32 Å². The molecule has 0 heterocycles. The summed E-state index contributed by atoms with van der Waals surface area (Å²) < 4.78 is 33.1. The fourth-order valence-corrected chi connectivity index (χ4v) is 3.91. The molecule has 2 N–H and O–H groups in total. The Morgan fingerprint density at radius 1 is 0.903 bits per heavy atom. The number of alkyl carbamates (subject to hydrolysis) is 1. The van der Waals surface area contributed by atoms with Gasteiger partial charge in [-0.05, 0) is 34.4 Å². The Morgan fingerprint density at radius 3 is 2.00 bits per heavy atom. The van der Waals surface area contributed by atoms with Gasteiger partial charge in [-0.3, -0.25) is 0 Å². The molecular formula is C24H19F2NO4. The minimum Gasteiger partial charge on any atom is -0.480 e. The first kappa shape index (κ1) is 20.5. The van der Waals surface area contributed by atoms with Crippen LogP contribution in [0.2, 0.25) is 0 Å². The van der Waals surface area contributed by atoms with Gasteiger partial charge < -0.3 is 15.2 Å². The number of nitrogens with one attached hydrogen (secondary N) is 1. The van der Waals surface area contributed by atoms with E-state index in [4.69, 9.17) is 4.74 Å². The number of carbonyl (C=O) groups excluding carboxylic acids is 1. The predicted octanol–water partition coefficient (Wildman–Crippen LogP) is 4.50. The number of rotatable bonds is 6. The number of carboxylic acids is 1. The van der Waals surface area contributed by atoms with E-state index < -0.39 is 41.7 Å². The van der Waals surface area contributed by atoms with Crippen LogP contribution in [0.25, 0.3) is 11.1 Å². The molecule has 3 aromatic rings. The van der Waals surface area contributed by atoms with E-state index in [1.165, 1.54) is 6.07 Å². The number of ether oxygens (including phenoxy) is 1. The third kappa shape index (κ3) is 4.12. The zero-order chi connectivity index (χ0) is 22.0. The van der Waals surface area contributed by atoms with Crippen molar-refractivity contribution in [2.75, 3.05) is 6.61 Å². The molecule has 31 heavy (non-hydrogen) atoms. The number of carbonyl (C=O) groups is 2. The lowest BCUT2D eigenvalue weighted by atomic mass is 9.98. The van der Waals surface area contributed by atoms with E-state index in [-0.39, 0.29) is 12.5 Å². The number of carboxylic acid groups (broad SMARTS) is 1. The Kier molecular flexibility index (Phi) is 5.66. The highest BCUT2D eigenvalue weighted by atomic mass is 19.1. The molecule has 7 heteroatoms. The van der Waals surface area contributed by atoms with Crippen molar-refractivity contribution in [3.63, 3.8) is 0 Å². The van der Waals surface area contributed by atoms with Gasteiger partial charge in [0.1, 0.15) is 24.3 Å². The summed E-state index contributed by atoms with van der Waals surface area (Å²) in [6.45, 7) is 0.000256. The Labute approximate surface area is 177 Å². The molecule has 4 rings (SSSR count). The van der Waals surface area contributed by atoms with Crippen molar-refractivity contribution < 1.29 is 28.2 Å². The van der Waals surface area contributed by atoms with Crippen LogP contribution in [0.4, 0.5) is 13.6 Å². The maximum atomic E-state index is 13.9. The monoisotopic (exact) mass is 423 g/mol. The van der Waals surface area contributed by atoms with Gasteiger partial charge in [-0.15, -0.1) is 0 Å². The van der Waals surface area contributed by atoms with Crippen LogP contribution in [0, 0.1) is 11.6 Å². The second-order valence-electron chi connectivity index (χ2n) is 7.27. The molecule has 0 unspecified atom stereocenters. The highest BCUT2D eigenvalue weighted by Crippen LogP contribution is 2.44. The van der Waals surface area contributed by atoms with Crippen molar-refractivity contribution in [2.24, 2.45) is 0 Å². The maximum absolute atomic E-state index is 13.9. The van der Waals surface area contributed by atoms with Crippen LogP contribution in [0.3, 0.4) is 0 Å². The van der Waals surface area contributed by atoms with Crippen LogP contribution in [0.5, 0.6) is 0 Å². The SMILES string of the molecule is O=C(N[C@H](Cc1c(F)cccc1F)C(=O)O)OCC1c2ccccc2-c2ccccc21. The molecule has 0 aliphatic heterocycles. The van der Waals surface area contributed by atoms with Gasteiger partial charge in [0, 0.05) is 17.9 Å². The fourth-order valence-electron chi connectivity index (χ4n) is 3.91. The van der Waals surface area contributed by atoms with Gasteiger partial charge in [-0.25, -0.2) is 18.4 Å². The molecule has 3 aromatic carbocycles. The normalized spacial score (nSPS) is 13.2. The summed E-state index contributed by atoms with van der Waals surface area (Å²) in [7, 11) is 0. The zero-order valence-corrected chi connectivity index (χ0v) is 16.3. The molecule has 0 aromatic heterocycles. The van der Waals surface area contributed by atoms with E-state index >= 15 is 0 Å². The molecule has 1 aliphatic carbocycles. The third-order valence-electron chi connectivity index (χ3n) is 5.40. The molecule has 0 bridgehead atoms. The first-order valence-electron chi connectivity index (χ1n) is 9.73. The van der Waals surface area contributed by atoms with Crippen molar-refractivity contribution >= 4 is 12.1 Å². The maximum Gasteiger partial charge on any atom is 0.407 e. The number of hydrogen-bond donors (Lipinski definition) is 2. The standard InChI is InChI=1S/C24H19F2NO4/c25-20-10-5-11-21(26)18(20)12-22(23(28)29)27-24(30)31-13-19-16-8-3-1-6-14(16)15-7-2-4-9-17(15)19/h1-11,19,22H,12-13H2,(H,27,30)(H,28,29)/t22-/m1/s1. The summed E-state index contributed by atoms with van der Waals surface area (Å²) in [5, 5.41) is 11.6. The van der Waals surface area contributed by atoms with Crippen LogP contribution >= 0.6 is 0 Å². The van der Waals surface area contributed by atoms with Gasteiger partial charge in [0.15, 0.2) is 0 Å². The largest absolute Gasteiger partial charge is 0.480 e. The lowest BCUT2D eigenvalue weighted by Gasteiger charge is -2.18. The number of aliphatic carboxylic acids is 1. The smallest absolute Gasteiger partial charge is 0.407 e. The lowest BCUT2D eigenvalue weighted by Crippen LogP contribution is -2.43. The number of halogens is 2. The Morgan fingerprint density at radius 2 is 1.45 bits per heavy atom. The summed E-state index contributed by atoms with van der Waals surface area (Å²) in [5.74, 6) is -3.36. The number of amides is 1. The zero-order valence-electron chi connectivity index (χ0n) is 16.3. The Hall–Kier alpha value is -3.74. The van der Waals surface area contributed by atoms with Gasteiger partial charge in [0.05, 0.1) is 0 Å². The Bertz CT molecular complexity index is 1080. The summed E-state index contributed by atoms with van der Waals surface area (Å²) in [6.07, 6.45) is -1.51. The topological polar surface area (TPSA) is 75.6 Å². The molecule has 1 aliphatic rings. The predicted molar refractivity (Wildman–Crippen MR) is 110 cm³/mol. The molecular weight excluding hydrogens is 404 g/mol. The molecule has 0 fully saturated rings. The average molecular weight is 423 g/mol. The number of fused-ring (bicyclic) bond motifs is 3. The van der Waals surface area contributed by atoms with E-state index in [0.717, 1.165) is 34.4 Å². The molecule has 0 saturated heterocycles. The van der Waals surface area contributed by atoms with Gasteiger partial charge in [-0.1, -0.05) is 54.6 Å². The highest BCUT2D eigenvalue weighted by molar-refractivity contribution is 5.81. The molecule has 1 atom stereocenters. The van der Waals surface area contributed by atoms with Gasteiger partial charge in [-0.2, -0.15) is 0 Å². The minimum atomic E-state index is -1.54. The summed E-state index contributed by atoms with van der Waals surface area (Å²) in [4.78, 5) is 23.8. The van der Waals surface area contributed by atoms with Crippen molar-refractivity contribution in [3.8, 4) is 11.1 Å². The van der Waals surface area contributed by atoms with Gasteiger partial charge >= 0.3 is 12.1 Å². The van der Waals surface area contributed by atoms with E-state index in [0.29, 0.717) is 0 Å². The van der Waals surface area contributed by atoms with Crippen LogP contribution in [-0.4, -0.2) is 29.8 Å². The molecule has 0 radical (unpaired) electrons. The van der Waals surface area contributed by atoms with Crippen LogP contribution in [-0.2, 0) is 16.0 Å². The third-order valence-corrected chi connectivity index (χ3v) is 5.40. The van der Waals surface area contributed by atoms with Gasteiger partial charge in [0.2, 0.25) is 0 Å². The first-order valence-corrected chi connectivity index (χ1v) is 9.73. The van der Waals surface area contributed by atoms with E-state index in [1.54, 1.807) is 0 Å². The molecule has 1 amide bonds. The van der Waals surface area contributed by atoms with Crippen molar-refractivity contribution in [1.29, 1.82) is 0 Å². The van der Waals surface area contributed by atoms with Crippen molar-refractivity contribution in [2.45, 2.75) is 18.4 Å². The molecule has 158 valence electrons. The molecule has 5 nitrogen and oxygen atoms in total. The van der Waals surface area contributed by atoms with Crippen molar-refractivity contribution in [3.05, 3.63) is 95.1 Å². The van der Waals surface area contributed by atoms with E-state index in [1.807, 2.05) is 48.5 Å². The first-order chi connectivity index (χ1) is 15.0. The molecule has 0 saturated carbocycles. The lowest BCUT2D eigenvalue weighted by molar-refractivity contribution is -0.139. The fraction of sp³-hybridized carbons (Fsp3) is 0.167. The van der Waals surface area contributed by atoms with E-state index in [2.05, 4.69) is 5.32 Å². The summed E-state index contributed by atoms with van der Waals surface area (Å²) >= 11 is 0. The highest BCUT2D eigenvalue weighted by Gasteiger charge is 2.30. The summed E-state index contributed by atoms with van der Waals surface area (Å²) in [6, 6.07) is 17.3. The molecule has 0 spiro atoms. The van der Waals surface area contributed by atoms with Crippen LogP contribution < -0.4 is 5.32 Å². The second-order valence-corrected chi connectivity index (χ2v) is 7.27. The van der Waals surface area contributed by atoms with Crippen LogP contribution in [0.1, 0.15) is 22.6 Å². The average Bonchev–Trinajstić information content (AvgIpc) is 3.08. The number of benzene rings is 3. The Balaban J connectivity index is 1.45. The number of hydrogen-bond acceptors (Lipinski definition) is 3. The second kappa shape index (κ2) is 8.55.